The zero-order valence-electron chi connectivity index (χ0n) is 15.0. The summed E-state index contributed by atoms with van der Waals surface area (Å²) in [6.07, 6.45) is 1.90. The topological polar surface area (TPSA) is 64.7 Å². The zero-order valence-corrected chi connectivity index (χ0v) is 15.0. The fraction of sp³-hybridized carbons (Fsp3) is 0.474. The Balaban J connectivity index is 1.68. The molecule has 1 aliphatic heterocycles. The number of carbonyl (C=O) groups excluding carboxylic acids is 1. The van der Waals surface area contributed by atoms with Crippen LogP contribution in [0.4, 0.5) is 9.18 Å². The fourth-order valence-electron chi connectivity index (χ4n) is 3.44. The summed E-state index contributed by atoms with van der Waals surface area (Å²) in [5, 5.41) is 0. The van der Waals surface area contributed by atoms with Crippen LogP contribution >= 0.6 is 0 Å². The van der Waals surface area contributed by atoms with E-state index < -0.39 is 5.63 Å². The van der Waals surface area contributed by atoms with Gasteiger partial charge in [0.05, 0.1) is 17.9 Å². The van der Waals surface area contributed by atoms with Crippen LogP contribution in [0.2, 0.25) is 0 Å². The lowest BCUT2D eigenvalue weighted by Crippen LogP contribution is -2.40. The number of likely N-dealkylation sites (tertiary alicyclic amines) is 1. The van der Waals surface area contributed by atoms with E-state index in [-0.39, 0.29) is 17.8 Å². The molecule has 1 saturated heterocycles. The number of aromatic nitrogens is 1. The summed E-state index contributed by atoms with van der Waals surface area (Å²) in [7, 11) is 1.56. The molecule has 0 spiro atoms. The number of halogens is 1. The Bertz CT molecular complexity index is 834. The second-order valence-corrected chi connectivity index (χ2v) is 6.58. The van der Waals surface area contributed by atoms with Gasteiger partial charge in [0.15, 0.2) is 0 Å². The number of ether oxygens (including phenoxy) is 1. The zero-order chi connectivity index (χ0) is 18.7. The summed E-state index contributed by atoms with van der Waals surface area (Å²) in [5.41, 5.74) is 1.45. The highest BCUT2D eigenvalue weighted by molar-refractivity contribution is 5.76. The lowest BCUT2D eigenvalue weighted by molar-refractivity contribution is 0.151. The molecule has 0 atom stereocenters. The molecule has 1 aliphatic rings. The number of rotatable bonds is 4. The summed E-state index contributed by atoms with van der Waals surface area (Å²) in [4.78, 5) is 26.4. The molecule has 1 aromatic carbocycles. The average molecular weight is 362 g/mol. The lowest BCUT2D eigenvalue weighted by Gasteiger charge is -2.31. The molecule has 140 valence electrons. The van der Waals surface area contributed by atoms with Gasteiger partial charge >= 0.3 is 11.7 Å². The van der Waals surface area contributed by atoms with E-state index in [0.717, 1.165) is 23.1 Å². The minimum absolute atomic E-state index is 0.227. The predicted molar refractivity (Wildman–Crippen MR) is 94.0 cm³/mol. The monoisotopic (exact) mass is 362 g/mol. The lowest BCUT2D eigenvalue weighted by atomic mass is 9.89. The van der Waals surface area contributed by atoms with Gasteiger partial charge in [0.25, 0.3) is 0 Å². The molecular weight excluding hydrogens is 339 g/mol. The quantitative estimate of drug-likeness (QED) is 0.839. The number of amides is 1. The van der Waals surface area contributed by atoms with E-state index in [2.05, 4.69) is 0 Å². The van der Waals surface area contributed by atoms with Crippen LogP contribution in [-0.4, -0.2) is 42.5 Å². The number of piperidine rings is 1. The third-order valence-corrected chi connectivity index (χ3v) is 4.98. The van der Waals surface area contributed by atoms with Crippen molar-refractivity contribution in [2.24, 2.45) is 0 Å². The Morgan fingerprint density at radius 3 is 2.73 bits per heavy atom. The number of nitrogens with zero attached hydrogens (tertiary/aromatic N) is 2. The average Bonchev–Trinajstić information content (AvgIpc) is 2.93. The molecule has 0 N–H and O–H groups in total. The third-order valence-electron chi connectivity index (χ3n) is 4.98. The molecule has 2 aromatic rings. The second-order valence-electron chi connectivity index (χ2n) is 6.58. The molecule has 1 fully saturated rings. The maximum atomic E-state index is 13.4. The van der Waals surface area contributed by atoms with Crippen LogP contribution < -0.4 is 5.63 Å². The van der Waals surface area contributed by atoms with Crippen molar-refractivity contribution in [3.05, 3.63) is 57.3 Å². The summed E-state index contributed by atoms with van der Waals surface area (Å²) in [6, 6.07) is 6.28. The van der Waals surface area contributed by atoms with Crippen LogP contribution in [0.5, 0.6) is 0 Å². The van der Waals surface area contributed by atoms with E-state index in [9.17, 15) is 14.0 Å². The minimum atomic E-state index is -0.498. The molecule has 1 aromatic heterocycles. The second kappa shape index (κ2) is 7.86. The summed E-state index contributed by atoms with van der Waals surface area (Å²) >= 11 is 0. The Morgan fingerprint density at radius 2 is 2.08 bits per heavy atom. The molecular formula is C19H23FN2O4. The van der Waals surface area contributed by atoms with Gasteiger partial charge in [-0.05, 0) is 43.4 Å². The van der Waals surface area contributed by atoms with Crippen molar-refractivity contribution in [3.8, 4) is 0 Å². The van der Waals surface area contributed by atoms with E-state index in [1.54, 1.807) is 31.1 Å². The Kier molecular flexibility index (Phi) is 5.56. The van der Waals surface area contributed by atoms with Gasteiger partial charge in [-0.15, -0.1) is 4.74 Å². The Hall–Kier alpha value is -2.41. The van der Waals surface area contributed by atoms with E-state index in [1.165, 1.54) is 6.07 Å². The third kappa shape index (κ3) is 3.72. The van der Waals surface area contributed by atoms with Gasteiger partial charge < -0.3 is 14.2 Å². The molecule has 6 nitrogen and oxygen atoms in total. The molecule has 0 bridgehead atoms. The molecule has 0 aliphatic carbocycles. The maximum absolute atomic E-state index is 13.4. The van der Waals surface area contributed by atoms with Crippen LogP contribution in [0.3, 0.4) is 0 Å². The molecule has 3 rings (SSSR count). The van der Waals surface area contributed by atoms with E-state index in [4.69, 9.17) is 9.26 Å². The molecule has 0 radical (unpaired) electrons. The molecule has 0 saturated carbocycles. The largest absolute Gasteiger partial charge is 0.384 e. The van der Waals surface area contributed by atoms with Gasteiger partial charge in [0.2, 0.25) is 0 Å². The van der Waals surface area contributed by atoms with Gasteiger partial charge in [-0.25, -0.2) is 14.0 Å². The maximum Gasteiger partial charge on any atom is 0.361 e. The van der Waals surface area contributed by atoms with Crippen LogP contribution in [0.25, 0.3) is 0 Å². The number of hydrogen-bond acceptors (Lipinski definition) is 4. The normalized spacial score (nSPS) is 15.4. The number of carbonyl (C=O) groups is 1. The Labute approximate surface area is 151 Å². The van der Waals surface area contributed by atoms with Gasteiger partial charge in [-0.1, -0.05) is 12.1 Å². The fourth-order valence-corrected chi connectivity index (χ4v) is 3.44. The van der Waals surface area contributed by atoms with Crippen LogP contribution in [0.1, 0.15) is 35.6 Å². The van der Waals surface area contributed by atoms with Crippen molar-refractivity contribution < 1.29 is 18.4 Å². The molecule has 26 heavy (non-hydrogen) atoms. The van der Waals surface area contributed by atoms with E-state index >= 15 is 0 Å². The highest BCUT2D eigenvalue weighted by Gasteiger charge is 2.28. The molecule has 7 heteroatoms. The molecule has 1 amide bonds. The standard InChI is InChI=1S/C19H23FN2O4/c1-13-17(8-11-25-2)18(23)26-22(13)19(24)21-9-6-14(7-10-21)15-4-3-5-16(20)12-15/h3-5,12,14H,6-11H2,1-2H3. The van der Waals surface area contributed by atoms with E-state index in [1.807, 2.05) is 6.07 Å². The first-order valence-electron chi connectivity index (χ1n) is 8.76. The Morgan fingerprint density at radius 1 is 1.35 bits per heavy atom. The smallest absolute Gasteiger partial charge is 0.361 e. The van der Waals surface area contributed by atoms with Crippen molar-refractivity contribution >= 4 is 6.03 Å². The number of benzene rings is 1. The van der Waals surface area contributed by atoms with Crippen molar-refractivity contribution in [1.82, 2.24) is 9.64 Å². The van der Waals surface area contributed by atoms with Crippen molar-refractivity contribution in [3.63, 3.8) is 0 Å². The molecule has 2 heterocycles. The summed E-state index contributed by atoms with van der Waals surface area (Å²) in [5.74, 6) is -0.0147. The highest BCUT2D eigenvalue weighted by Crippen LogP contribution is 2.28. The van der Waals surface area contributed by atoms with Crippen LogP contribution in [-0.2, 0) is 11.2 Å². The first-order chi connectivity index (χ1) is 12.5. The van der Waals surface area contributed by atoms with Crippen molar-refractivity contribution in [2.75, 3.05) is 26.8 Å². The van der Waals surface area contributed by atoms with E-state index in [0.29, 0.717) is 37.4 Å². The van der Waals surface area contributed by atoms with Gasteiger partial charge in [0.1, 0.15) is 5.82 Å². The minimum Gasteiger partial charge on any atom is -0.384 e. The van der Waals surface area contributed by atoms with Crippen molar-refractivity contribution in [1.29, 1.82) is 0 Å². The van der Waals surface area contributed by atoms with Gasteiger partial charge in [-0.3, -0.25) is 0 Å². The summed E-state index contributed by atoms with van der Waals surface area (Å²) in [6.45, 7) is 3.17. The SMILES string of the molecule is COCCc1c(C)n(C(=O)N2CCC(c3cccc(F)c3)CC2)oc1=O. The highest BCUT2D eigenvalue weighted by atomic mass is 19.1. The number of methoxy groups -OCH3 is 1. The van der Waals surface area contributed by atoms with Gasteiger partial charge in [-0.2, -0.15) is 0 Å². The molecule has 0 unspecified atom stereocenters. The van der Waals surface area contributed by atoms with Crippen LogP contribution in [0, 0.1) is 12.7 Å². The van der Waals surface area contributed by atoms with Crippen molar-refractivity contribution in [2.45, 2.75) is 32.1 Å². The van der Waals surface area contributed by atoms with Crippen LogP contribution in [0.15, 0.2) is 33.6 Å². The first kappa shape index (κ1) is 18.4. The summed E-state index contributed by atoms with van der Waals surface area (Å²) < 4.78 is 24.6. The van der Waals surface area contributed by atoms with Gasteiger partial charge in [0, 0.05) is 26.6 Å². The predicted octanol–water partition coefficient (Wildman–Crippen LogP) is 2.93. The first-order valence-corrected chi connectivity index (χ1v) is 8.76. The number of hydrogen-bond donors (Lipinski definition) is 0.